The number of hydrogen-bond donors (Lipinski definition) is 1. The molecule has 20 heavy (non-hydrogen) atoms. The van der Waals surface area contributed by atoms with E-state index in [1.807, 2.05) is 19.1 Å². The van der Waals surface area contributed by atoms with Crippen LogP contribution in [0.3, 0.4) is 0 Å². The summed E-state index contributed by atoms with van der Waals surface area (Å²) >= 11 is 3.44. The standard InChI is InChI=1S/C14H22BrNO3S/c1-10(2)20(17,18)7-6-19-14-11(3)8-13(15)9-12(14)4-5-16/h8-10H,4-7,16H2,1-3H3. The fourth-order valence-corrected chi connectivity index (χ4v) is 3.25. The second kappa shape index (κ2) is 7.43. The number of benzene rings is 1. The Bertz CT molecular complexity index is 556. The molecule has 0 aliphatic carbocycles. The minimum Gasteiger partial charge on any atom is -0.492 e. The third kappa shape index (κ3) is 4.75. The Hall–Kier alpha value is -0.590. The van der Waals surface area contributed by atoms with Crippen LogP contribution >= 0.6 is 15.9 Å². The van der Waals surface area contributed by atoms with Gasteiger partial charge in [-0.1, -0.05) is 15.9 Å². The van der Waals surface area contributed by atoms with Gasteiger partial charge in [-0.3, -0.25) is 0 Å². The quantitative estimate of drug-likeness (QED) is 0.807. The van der Waals surface area contributed by atoms with E-state index in [0.717, 1.165) is 21.3 Å². The zero-order valence-corrected chi connectivity index (χ0v) is 14.6. The van der Waals surface area contributed by atoms with Gasteiger partial charge in [0.15, 0.2) is 9.84 Å². The third-order valence-corrected chi connectivity index (χ3v) is 5.69. The van der Waals surface area contributed by atoms with Gasteiger partial charge in [0.2, 0.25) is 0 Å². The Labute approximate surface area is 129 Å². The molecule has 0 atom stereocenters. The summed E-state index contributed by atoms with van der Waals surface area (Å²) in [5, 5.41) is -0.374. The number of aryl methyl sites for hydroxylation is 1. The van der Waals surface area contributed by atoms with Crippen LogP contribution in [0.25, 0.3) is 0 Å². The van der Waals surface area contributed by atoms with Crippen molar-refractivity contribution in [3.05, 3.63) is 27.7 Å². The van der Waals surface area contributed by atoms with Crippen LogP contribution in [0.2, 0.25) is 0 Å². The number of sulfone groups is 1. The van der Waals surface area contributed by atoms with Gasteiger partial charge in [-0.2, -0.15) is 0 Å². The molecule has 0 radical (unpaired) electrons. The van der Waals surface area contributed by atoms with E-state index in [2.05, 4.69) is 15.9 Å². The maximum absolute atomic E-state index is 11.8. The molecule has 0 aliphatic heterocycles. The van der Waals surface area contributed by atoms with Gasteiger partial charge in [0.1, 0.15) is 12.4 Å². The number of hydrogen-bond acceptors (Lipinski definition) is 4. The highest BCUT2D eigenvalue weighted by molar-refractivity contribution is 9.10. The molecule has 1 aromatic carbocycles. The molecule has 0 bridgehead atoms. The lowest BCUT2D eigenvalue weighted by Gasteiger charge is -2.15. The molecule has 1 aromatic rings. The minimum atomic E-state index is -3.07. The molecule has 2 N–H and O–H groups in total. The molecule has 1 rings (SSSR count). The monoisotopic (exact) mass is 363 g/mol. The highest BCUT2D eigenvalue weighted by Crippen LogP contribution is 2.28. The van der Waals surface area contributed by atoms with Crippen LogP contribution in [0.1, 0.15) is 25.0 Å². The van der Waals surface area contributed by atoms with Crippen LogP contribution in [0, 0.1) is 6.92 Å². The van der Waals surface area contributed by atoms with Crippen LogP contribution in [0.15, 0.2) is 16.6 Å². The van der Waals surface area contributed by atoms with Crippen molar-refractivity contribution in [1.29, 1.82) is 0 Å². The molecule has 0 amide bonds. The lowest BCUT2D eigenvalue weighted by molar-refractivity contribution is 0.334. The average Bonchev–Trinajstić information content (AvgIpc) is 2.32. The van der Waals surface area contributed by atoms with Crippen molar-refractivity contribution in [3.8, 4) is 5.75 Å². The summed E-state index contributed by atoms with van der Waals surface area (Å²) in [6, 6.07) is 3.92. The maximum atomic E-state index is 11.8. The van der Waals surface area contributed by atoms with Crippen molar-refractivity contribution < 1.29 is 13.2 Å². The van der Waals surface area contributed by atoms with E-state index in [-0.39, 0.29) is 17.6 Å². The molecule has 0 saturated carbocycles. The SMILES string of the molecule is Cc1cc(Br)cc(CCN)c1OCCS(=O)(=O)C(C)C. The largest absolute Gasteiger partial charge is 0.492 e. The first kappa shape index (κ1) is 17.5. The van der Waals surface area contributed by atoms with E-state index in [9.17, 15) is 8.42 Å². The van der Waals surface area contributed by atoms with Crippen molar-refractivity contribution in [2.24, 2.45) is 5.73 Å². The van der Waals surface area contributed by atoms with Gasteiger partial charge >= 0.3 is 0 Å². The Balaban J connectivity index is 2.82. The van der Waals surface area contributed by atoms with Gasteiger partial charge in [0, 0.05) is 4.47 Å². The topological polar surface area (TPSA) is 69.4 Å². The van der Waals surface area contributed by atoms with E-state index >= 15 is 0 Å². The zero-order chi connectivity index (χ0) is 15.3. The van der Waals surface area contributed by atoms with Gasteiger partial charge < -0.3 is 10.5 Å². The highest BCUT2D eigenvalue weighted by atomic mass is 79.9. The normalized spacial score (nSPS) is 11.9. The van der Waals surface area contributed by atoms with E-state index in [1.165, 1.54) is 0 Å². The first-order chi connectivity index (χ1) is 9.27. The minimum absolute atomic E-state index is 0.0300. The van der Waals surface area contributed by atoms with Gasteiger partial charge in [0.25, 0.3) is 0 Å². The van der Waals surface area contributed by atoms with Crippen LogP contribution in [0.4, 0.5) is 0 Å². The molecular formula is C14H22BrNO3S. The molecular weight excluding hydrogens is 342 g/mol. The third-order valence-electron chi connectivity index (χ3n) is 3.06. The molecule has 4 nitrogen and oxygen atoms in total. The molecule has 114 valence electrons. The van der Waals surface area contributed by atoms with Gasteiger partial charge in [-0.15, -0.1) is 0 Å². The van der Waals surface area contributed by atoms with Crippen molar-refractivity contribution >= 4 is 25.8 Å². The smallest absolute Gasteiger partial charge is 0.155 e. The van der Waals surface area contributed by atoms with Gasteiger partial charge in [0.05, 0.1) is 11.0 Å². The van der Waals surface area contributed by atoms with Gasteiger partial charge in [-0.25, -0.2) is 8.42 Å². The summed E-state index contributed by atoms with van der Waals surface area (Å²) in [5.74, 6) is 0.778. The summed E-state index contributed by atoms with van der Waals surface area (Å²) in [6.45, 7) is 5.99. The Morgan fingerprint density at radius 1 is 1.35 bits per heavy atom. The van der Waals surface area contributed by atoms with E-state index < -0.39 is 9.84 Å². The van der Waals surface area contributed by atoms with Crippen LogP contribution in [-0.4, -0.2) is 32.6 Å². The average molecular weight is 364 g/mol. The summed E-state index contributed by atoms with van der Waals surface area (Å²) in [6.07, 6.45) is 0.701. The predicted molar refractivity (Wildman–Crippen MR) is 86.1 cm³/mol. The highest BCUT2D eigenvalue weighted by Gasteiger charge is 2.17. The Morgan fingerprint density at radius 2 is 2.00 bits per heavy atom. The molecule has 0 spiro atoms. The van der Waals surface area contributed by atoms with Crippen LogP contribution in [-0.2, 0) is 16.3 Å². The van der Waals surface area contributed by atoms with Crippen molar-refractivity contribution in [1.82, 2.24) is 0 Å². The van der Waals surface area contributed by atoms with Crippen LogP contribution < -0.4 is 10.5 Å². The van der Waals surface area contributed by atoms with Gasteiger partial charge in [-0.05, 0) is 57.0 Å². The molecule has 0 fully saturated rings. The second-order valence-electron chi connectivity index (χ2n) is 5.01. The molecule has 0 aromatic heterocycles. The van der Waals surface area contributed by atoms with Crippen LogP contribution in [0.5, 0.6) is 5.75 Å². The summed E-state index contributed by atoms with van der Waals surface area (Å²) in [7, 11) is -3.07. The summed E-state index contributed by atoms with van der Waals surface area (Å²) in [4.78, 5) is 0. The molecule has 6 heteroatoms. The molecule has 0 saturated heterocycles. The number of rotatable bonds is 7. The fraction of sp³-hybridized carbons (Fsp3) is 0.571. The van der Waals surface area contributed by atoms with Crippen molar-refractivity contribution in [2.75, 3.05) is 18.9 Å². The first-order valence-corrected chi connectivity index (χ1v) is 9.12. The zero-order valence-electron chi connectivity index (χ0n) is 12.1. The second-order valence-corrected chi connectivity index (χ2v) is 8.61. The van der Waals surface area contributed by atoms with E-state index in [1.54, 1.807) is 13.8 Å². The van der Waals surface area contributed by atoms with Crippen molar-refractivity contribution in [2.45, 2.75) is 32.4 Å². The summed E-state index contributed by atoms with van der Waals surface area (Å²) in [5.41, 5.74) is 7.58. The first-order valence-electron chi connectivity index (χ1n) is 6.61. The fourth-order valence-electron chi connectivity index (χ4n) is 1.84. The molecule has 0 aliphatic rings. The van der Waals surface area contributed by atoms with E-state index in [0.29, 0.717) is 13.0 Å². The Kier molecular flexibility index (Phi) is 6.48. The van der Waals surface area contributed by atoms with Crippen molar-refractivity contribution in [3.63, 3.8) is 0 Å². The Morgan fingerprint density at radius 3 is 2.55 bits per heavy atom. The number of nitrogens with two attached hydrogens (primary N) is 1. The molecule has 0 heterocycles. The number of ether oxygens (including phenoxy) is 1. The maximum Gasteiger partial charge on any atom is 0.155 e. The number of halogens is 1. The van der Waals surface area contributed by atoms with E-state index in [4.69, 9.17) is 10.5 Å². The predicted octanol–water partition coefficient (Wildman–Crippen LogP) is 2.46. The molecule has 0 unspecified atom stereocenters. The lowest BCUT2D eigenvalue weighted by Crippen LogP contribution is -2.22. The summed E-state index contributed by atoms with van der Waals surface area (Å²) < 4.78 is 30.2. The lowest BCUT2D eigenvalue weighted by atomic mass is 10.1.